The van der Waals surface area contributed by atoms with E-state index in [0.717, 1.165) is 26.7 Å². The Balaban J connectivity index is 1.86. The molecule has 31 heavy (non-hydrogen) atoms. The molecule has 2 aromatic heterocycles. The highest BCUT2D eigenvalue weighted by atomic mass is 35.5. The minimum atomic E-state index is -1.11. The van der Waals surface area contributed by atoms with E-state index in [4.69, 9.17) is 16.3 Å². The molecule has 4 aromatic rings. The first-order valence-electron chi connectivity index (χ1n) is 9.65. The van der Waals surface area contributed by atoms with Gasteiger partial charge in [-0.3, -0.25) is 0 Å². The van der Waals surface area contributed by atoms with Gasteiger partial charge in [0.05, 0.1) is 39.6 Å². The molecule has 0 unspecified atom stereocenters. The van der Waals surface area contributed by atoms with E-state index in [1.807, 2.05) is 54.6 Å². The van der Waals surface area contributed by atoms with E-state index in [1.54, 1.807) is 30.7 Å². The Kier molecular flexibility index (Phi) is 5.71. The van der Waals surface area contributed by atoms with E-state index in [0.29, 0.717) is 16.3 Å². The van der Waals surface area contributed by atoms with Crippen molar-refractivity contribution in [2.24, 2.45) is 0 Å². The van der Waals surface area contributed by atoms with Gasteiger partial charge in [0.2, 0.25) is 0 Å². The number of thiophene rings is 1. The first-order valence-corrected chi connectivity index (χ1v) is 10.8. The molecule has 2 heterocycles. The van der Waals surface area contributed by atoms with Crippen LogP contribution in [-0.4, -0.2) is 28.0 Å². The maximum Gasteiger partial charge on any atom is 0.338 e. The van der Waals surface area contributed by atoms with Crippen LogP contribution in [0.5, 0.6) is 0 Å². The third-order valence-corrected chi connectivity index (χ3v) is 6.33. The average molecular weight is 453 g/mol. The molecule has 0 fully saturated rings. The Bertz CT molecular complexity index is 1250. The van der Waals surface area contributed by atoms with Gasteiger partial charge in [-0.25, -0.2) is 9.48 Å². The number of halogens is 1. The standard InChI is InChI=1S/C24H21ClN2O3S/c1-24(2,29)22-14-19(27(26-22)18-11-7-6-10-17(18)25)21-13-12-20(31-21)15-8-4-5-9-16(15)23(28)30-3/h4-14,29H,1-3H3. The fourth-order valence-electron chi connectivity index (χ4n) is 3.27. The fraction of sp³-hybridized carbons (Fsp3) is 0.167. The average Bonchev–Trinajstić information content (AvgIpc) is 3.40. The smallest absolute Gasteiger partial charge is 0.338 e. The number of aromatic nitrogens is 2. The Hall–Kier alpha value is -2.93. The van der Waals surface area contributed by atoms with E-state index in [1.165, 1.54) is 18.4 Å². The first-order chi connectivity index (χ1) is 14.8. The highest BCUT2D eigenvalue weighted by molar-refractivity contribution is 7.18. The molecule has 0 amide bonds. The van der Waals surface area contributed by atoms with Crippen LogP contribution >= 0.6 is 22.9 Å². The Labute approximate surface area is 189 Å². The van der Waals surface area contributed by atoms with E-state index in [-0.39, 0.29) is 5.97 Å². The van der Waals surface area contributed by atoms with Crippen molar-refractivity contribution in [3.63, 3.8) is 0 Å². The van der Waals surface area contributed by atoms with Crippen LogP contribution in [0.1, 0.15) is 29.9 Å². The van der Waals surface area contributed by atoms with E-state index < -0.39 is 5.60 Å². The summed E-state index contributed by atoms with van der Waals surface area (Å²) in [6.07, 6.45) is 0. The molecule has 0 atom stereocenters. The molecule has 0 aliphatic carbocycles. The van der Waals surface area contributed by atoms with Crippen LogP contribution in [0.15, 0.2) is 66.7 Å². The molecular formula is C24H21ClN2O3S. The minimum Gasteiger partial charge on any atom is -0.465 e. The number of methoxy groups -OCH3 is 1. The van der Waals surface area contributed by atoms with Gasteiger partial charge in [0.25, 0.3) is 0 Å². The van der Waals surface area contributed by atoms with Gasteiger partial charge < -0.3 is 9.84 Å². The Morgan fingerprint density at radius 3 is 2.45 bits per heavy atom. The second-order valence-corrected chi connectivity index (χ2v) is 9.03. The molecular weight excluding hydrogens is 432 g/mol. The van der Waals surface area contributed by atoms with Gasteiger partial charge >= 0.3 is 5.97 Å². The summed E-state index contributed by atoms with van der Waals surface area (Å²) < 4.78 is 6.68. The molecule has 0 spiro atoms. The zero-order valence-corrected chi connectivity index (χ0v) is 18.9. The molecule has 0 saturated heterocycles. The Morgan fingerprint density at radius 1 is 1.06 bits per heavy atom. The lowest BCUT2D eigenvalue weighted by Gasteiger charge is -2.13. The fourth-order valence-corrected chi connectivity index (χ4v) is 4.53. The maximum atomic E-state index is 12.2. The summed E-state index contributed by atoms with van der Waals surface area (Å²) in [4.78, 5) is 14.1. The summed E-state index contributed by atoms with van der Waals surface area (Å²) in [6.45, 7) is 3.39. The first kappa shape index (κ1) is 21.3. The number of hydrogen-bond acceptors (Lipinski definition) is 5. The number of hydrogen-bond donors (Lipinski definition) is 1. The van der Waals surface area contributed by atoms with E-state index >= 15 is 0 Å². The number of rotatable bonds is 5. The molecule has 0 saturated carbocycles. The van der Waals surface area contributed by atoms with E-state index in [9.17, 15) is 9.90 Å². The topological polar surface area (TPSA) is 64.3 Å². The van der Waals surface area contributed by atoms with Gasteiger partial charge in [0.15, 0.2) is 0 Å². The molecule has 7 heteroatoms. The summed E-state index contributed by atoms with van der Waals surface area (Å²) in [6, 6.07) is 20.6. The zero-order valence-electron chi connectivity index (χ0n) is 17.3. The van der Waals surface area contributed by atoms with Gasteiger partial charge in [0, 0.05) is 10.4 Å². The van der Waals surface area contributed by atoms with Crippen molar-refractivity contribution in [2.45, 2.75) is 19.4 Å². The second-order valence-electron chi connectivity index (χ2n) is 7.54. The highest BCUT2D eigenvalue weighted by Gasteiger charge is 2.24. The van der Waals surface area contributed by atoms with Crippen LogP contribution in [0.2, 0.25) is 5.02 Å². The number of carbonyl (C=O) groups excluding carboxylic acids is 1. The highest BCUT2D eigenvalue weighted by Crippen LogP contribution is 2.39. The van der Waals surface area contributed by atoms with Crippen molar-refractivity contribution in [1.82, 2.24) is 9.78 Å². The normalized spacial score (nSPS) is 11.5. The van der Waals surface area contributed by atoms with Crippen molar-refractivity contribution in [1.29, 1.82) is 0 Å². The molecule has 0 aliphatic rings. The molecule has 0 aliphatic heterocycles. The summed E-state index contributed by atoms with van der Waals surface area (Å²) >= 11 is 7.97. The third kappa shape index (κ3) is 4.14. The van der Waals surface area contributed by atoms with Gasteiger partial charge in [-0.05, 0) is 50.2 Å². The molecule has 2 aromatic carbocycles. The SMILES string of the molecule is COC(=O)c1ccccc1-c1ccc(-c2cc(C(C)(C)O)nn2-c2ccccc2Cl)s1. The van der Waals surface area contributed by atoms with Crippen LogP contribution in [0.3, 0.4) is 0 Å². The van der Waals surface area contributed by atoms with Crippen LogP contribution < -0.4 is 0 Å². The van der Waals surface area contributed by atoms with Gasteiger partial charge in [0.1, 0.15) is 5.60 Å². The predicted molar refractivity (Wildman–Crippen MR) is 124 cm³/mol. The van der Waals surface area contributed by atoms with Crippen molar-refractivity contribution in [2.75, 3.05) is 7.11 Å². The molecule has 5 nitrogen and oxygen atoms in total. The predicted octanol–water partition coefficient (Wildman–Crippen LogP) is 5.94. The summed E-state index contributed by atoms with van der Waals surface area (Å²) in [5.41, 5.74) is 2.26. The summed E-state index contributed by atoms with van der Waals surface area (Å²) in [7, 11) is 1.37. The number of aliphatic hydroxyl groups is 1. The Morgan fingerprint density at radius 2 is 1.74 bits per heavy atom. The number of ether oxygens (including phenoxy) is 1. The lowest BCUT2D eigenvalue weighted by molar-refractivity contribution is 0.0601. The van der Waals surface area contributed by atoms with Crippen LogP contribution in [0.4, 0.5) is 0 Å². The third-order valence-electron chi connectivity index (χ3n) is 4.87. The molecule has 1 N–H and O–H groups in total. The molecule has 0 radical (unpaired) electrons. The summed E-state index contributed by atoms with van der Waals surface area (Å²) in [5.74, 6) is -0.379. The lowest BCUT2D eigenvalue weighted by atomic mass is 10.1. The number of esters is 1. The molecule has 4 rings (SSSR count). The van der Waals surface area contributed by atoms with Crippen molar-refractivity contribution in [3.05, 3.63) is 83.0 Å². The maximum absolute atomic E-state index is 12.2. The monoisotopic (exact) mass is 452 g/mol. The summed E-state index contributed by atoms with van der Waals surface area (Å²) in [5, 5.41) is 15.7. The second kappa shape index (κ2) is 8.30. The van der Waals surface area contributed by atoms with Gasteiger partial charge in [-0.15, -0.1) is 11.3 Å². The number of nitrogens with zero attached hydrogens (tertiary/aromatic N) is 2. The van der Waals surface area contributed by atoms with Crippen molar-refractivity contribution in [3.8, 4) is 26.7 Å². The van der Waals surface area contributed by atoms with E-state index in [2.05, 4.69) is 5.10 Å². The zero-order chi connectivity index (χ0) is 22.2. The van der Waals surface area contributed by atoms with Crippen molar-refractivity contribution < 1.29 is 14.6 Å². The number of benzene rings is 2. The molecule has 158 valence electrons. The molecule has 0 bridgehead atoms. The largest absolute Gasteiger partial charge is 0.465 e. The van der Waals surface area contributed by atoms with Gasteiger partial charge in [-0.1, -0.05) is 41.9 Å². The minimum absolute atomic E-state index is 0.379. The number of para-hydroxylation sites is 1. The lowest BCUT2D eigenvalue weighted by Crippen LogP contribution is -2.16. The van der Waals surface area contributed by atoms with Crippen molar-refractivity contribution >= 4 is 28.9 Å². The van der Waals surface area contributed by atoms with Crippen LogP contribution in [0, 0.1) is 0 Å². The number of carbonyl (C=O) groups is 1. The van der Waals surface area contributed by atoms with Crippen LogP contribution in [0.25, 0.3) is 26.7 Å². The quantitative estimate of drug-likeness (QED) is 0.381. The van der Waals surface area contributed by atoms with Crippen LogP contribution in [-0.2, 0) is 10.3 Å². The van der Waals surface area contributed by atoms with Gasteiger partial charge in [-0.2, -0.15) is 5.10 Å².